The van der Waals surface area contributed by atoms with Crippen molar-refractivity contribution in [2.75, 3.05) is 25.1 Å². The number of nitrogens with zero attached hydrogens (tertiary/aromatic N) is 3. The Balaban J connectivity index is 1.72. The van der Waals surface area contributed by atoms with Gasteiger partial charge in [-0.25, -0.2) is 19.3 Å². The zero-order chi connectivity index (χ0) is 13.3. The van der Waals surface area contributed by atoms with Gasteiger partial charge in [-0.3, -0.25) is 0 Å². The molecule has 1 aliphatic rings. The fourth-order valence-electron chi connectivity index (χ4n) is 2.09. The number of nitrogens with one attached hydrogen (secondary N) is 2. The molecule has 2 aromatic heterocycles. The summed E-state index contributed by atoms with van der Waals surface area (Å²) in [5, 5.41) is 19.6. The normalized spacial score (nSPS) is 18.6. The third-order valence-electron chi connectivity index (χ3n) is 3.33. The van der Waals surface area contributed by atoms with Crippen molar-refractivity contribution < 1.29 is 9.84 Å². The first-order valence-electron chi connectivity index (χ1n) is 6.13. The van der Waals surface area contributed by atoms with Gasteiger partial charge < -0.3 is 15.2 Å². The average Bonchev–Trinajstić information content (AvgIpc) is 2.79. The molecule has 8 nitrogen and oxygen atoms in total. The van der Waals surface area contributed by atoms with Crippen molar-refractivity contribution in [1.29, 1.82) is 0 Å². The summed E-state index contributed by atoms with van der Waals surface area (Å²) in [6.07, 6.45) is 2.60. The number of hydrogen-bond donors (Lipinski definition) is 3. The van der Waals surface area contributed by atoms with E-state index >= 15 is 0 Å². The molecule has 1 fully saturated rings. The van der Waals surface area contributed by atoms with Crippen molar-refractivity contribution in [3.63, 3.8) is 0 Å². The molecule has 1 aliphatic heterocycles. The van der Waals surface area contributed by atoms with Gasteiger partial charge in [0.25, 0.3) is 0 Å². The van der Waals surface area contributed by atoms with Gasteiger partial charge in [-0.15, -0.1) is 0 Å². The van der Waals surface area contributed by atoms with Crippen molar-refractivity contribution in [2.45, 2.75) is 18.4 Å². The highest BCUT2D eigenvalue weighted by Crippen LogP contribution is 2.20. The summed E-state index contributed by atoms with van der Waals surface area (Å²) in [6, 6.07) is 1.65. The molecule has 0 spiro atoms. The van der Waals surface area contributed by atoms with E-state index in [1.165, 1.54) is 10.7 Å². The lowest BCUT2D eigenvalue weighted by Crippen LogP contribution is -2.42. The summed E-state index contributed by atoms with van der Waals surface area (Å²) in [5.41, 5.74) is -0.601. The zero-order valence-corrected chi connectivity index (χ0v) is 10.3. The molecule has 3 heterocycles. The molecule has 102 valence electrons. The Kier molecular flexibility index (Phi) is 2.96. The Morgan fingerprint density at radius 3 is 3.11 bits per heavy atom. The van der Waals surface area contributed by atoms with Gasteiger partial charge >= 0.3 is 5.69 Å². The van der Waals surface area contributed by atoms with E-state index in [0.717, 1.165) is 0 Å². The third-order valence-corrected chi connectivity index (χ3v) is 3.33. The summed E-state index contributed by atoms with van der Waals surface area (Å²) in [5.74, 6) is 0.575. The van der Waals surface area contributed by atoms with Crippen LogP contribution in [-0.4, -0.2) is 50.0 Å². The molecule has 1 saturated heterocycles. The molecule has 8 heteroatoms. The number of hydrogen-bond acceptors (Lipinski definition) is 6. The monoisotopic (exact) mass is 265 g/mol. The molecule has 19 heavy (non-hydrogen) atoms. The minimum atomic E-state index is -0.767. The molecule has 0 aromatic carbocycles. The van der Waals surface area contributed by atoms with Crippen LogP contribution in [0.3, 0.4) is 0 Å². The summed E-state index contributed by atoms with van der Waals surface area (Å²) >= 11 is 0. The van der Waals surface area contributed by atoms with Gasteiger partial charge in [-0.1, -0.05) is 0 Å². The Labute approximate surface area is 108 Å². The number of aliphatic hydroxyl groups is 1. The maximum atomic E-state index is 11.3. The van der Waals surface area contributed by atoms with E-state index in [0.29, 0.717) is 44.1 Å². The second-order valence-corrected chi connectivity index (χ2v) is 4.72. The SMILES string of the molecule is O=c1[nH]nc2cc(NCC3(O)CCOCC3)ncn12. The topological polar surface area (TPSA) is 105 Å². The summed E-state index contributed by atoms with van der Waals surface area (Å²) in [7, 11) is 0. The van der Waals surface area contributed by atoms with Crippen LogP contribution < -0.4 is 11.0 Å². The molecule has 0 saturated carbocycles. The van der Waals surface area contributed by atoms with Crippen LogP contribution in [0, 0.1) is 0 Å². The average molecular weight is 265 g/mol. The maximum absolute atomic E-state index is 11.3. The molecule has 0 atom stereocenters. The molecule has 0 amide bonds. The number of aromatic nitrogens is 4. The van der Waals surface area contributed by atoms with Crippen LogP contribution in [0.2, 0.25) is 0 Å². The van der Waals surface area contributed by atoms with Gasteiger partial charge in [0.15, 0.2) is 5.65 Å². The van der Waals surface area contributed by atoms with Crippen molar-refractivity contribution in [1.82, 2.24) is 19.6 Å². The largest absolute Gasteiger partial charge is 0.388 e. The van der Waals surface area contributed by atoms with Crippen LogP contribution in [0.5, 0.6) is 0 Å². The first kappa shape index (κ1) is 12.1. The highest BCUT2D eigenvalue weighted by atomic mass is 16.5. The fraction of sp³-hybridized carbons (Fsp3) is 0.545. The highest BCUT2D eigenvalue weighted by Gasteiger charge is 2.29. The van der Waals surface area contributed by atoms with Crippen LogP contribution in [0.4, 0.5) is 5.82 Å². The van der Waals surface area contributed by atoms with Crippen LogP contribution in [0.15, 0.2) is 17.2 Å². The number of anilines is 1. The van der Waals surface area contributed by atoms with E-state index in [1.54, 1.807) is 6.07 Å². The third kappa shape index (κ3) is 2.45. The van der Waals surface area contributed by atoms with Crippen LogP contribution in [0.25, 0.3) is 5.65 Å². The zero-order valence-electron chi connectivity index (χ0n) is 10.3. The highest BCUT2D eigenvalue weighted by molar-refractivity contribution is 5.48. The van der Waals surface area contributed by atoms with E-state index in [1.807, 2.05) is 0 Å². The lowest BCUT2D eigenvalue weighted by atomic mass is 9.94. The lowest BCUT2D eigenvalue weighted by molar-refractivity contribution is -0.0543. The predicted molar refractivity (Wildman–Crippen MR) is 67.1 cm³/mol. The lowest BCUT2D eigenvalue weighted by Gasteiger charge is -2.32. The number of rotatable bonds is 3. The minimum Gasteiger partial charge on any atom is -0.388 e. The van der Waals surface area contributed by atoms with Crippen molar-refractivity contribution in [3.05, 3.63) is 22.9 Å². The quantitative estimate of drug-likeness (QED) is 0.682. The summed E-state index contributed by atoms with van der Waals surface area (Å²) in [6.45, 7) is 1.53. The number of aromatic amines is 1. The Morgan fingerprint density at radius 2 is 2.32 bits per heavy atom. The molecule has 2 aromatic rings. The van der Waals surface area contributed by atoms with Gasteiger partial charge in [0.1, 0.15) is 12.1 Å². The van der Waals surface area contributed by atoms with E-state index in [-0.39, 0.29) is 5.69 Å². The second-order valence-electron chi connectivity index (χ2n) is 4.72. The fourth-order valence-corrected chi connectivity index (χ4v) is 2.09. The van der Waals surface area contributed by atoms with Crippen LogP contribution in [0.1, 0.15) is 12.8 Å². The van der Waals surface area contributed by atoms with E-state index < -0.39 is 5.60 Å². The standard InChI is InChI=1S/C11H15N5O3/c17-10-15-14-9-5-8(13-7-16(9)10)12-6-11(18)1-3-19-4-2-11/h5,7,12,18H,1-4,6H2,(H,15,17). The summed E-state index contributed by atoms with van der Waals surface area (Å²) in [4.78, 5) is 15.4. The van der Waals surface area contributed by atoms with E-state index in [4.69, 9.17) is 4.74 Å². The van der Waals surface area contributed by atoms with Crippen molar-refractivity contribution in [3.8, 4) is 0 Å². The van der Waals surface area contributed by atoms with Gasteiger partial charge in [-0.2, -0.15) is 5.10 Å². The van der Waals surface area contributed by atoms with Crippen LogP contribution in [-0.2, 0) is 4.74 Å². The Bertz CT molecular complexity index is 629. The van der Waals surface area contributed by atoms with Crippen molar-refractivity contribution >= 4 is 11.5 Å². The molecule has 0 aliphatic carbocycles. The van der Waals surface area contributed by atoms with Gasteiger partial charge in [0.2, 0.25) is 0 Å². The van der Waals surface area contributed by atoms with Crippen LogP contribution >= 0.6 is 0 Å². The molecule has 0 radical (unpaired) electrons. The minimum absolute atomic E-state index is 0.322. The molecule has 0 unspecified atom stereocenters. The Morgan fingerprint density at radius 1 is 1.53 bits per heavy atom. The molecule has 3 N–H and O–H groups in total. The molecule has 0 bridgehead atoms. The van der Waals surface area contributed by atoms with E-state index in [2.05, 4.69) is 20.5 Å². The molecule has 3 rings (SSSR count). The Hall–Kier alpha value is -1.93. The van der Waals surface area contributed by atoms with Gasteiger partial charge in [0.05, 0.1) is 5.60 Å². The number of fused-ring (bicyclic) bond motifs is 1. The molecular weight excluding hydrogens is 250 g/mol. The molecular formula is C11H15N5O3. The predicted octanol–water partition coefficient (Wildman–Crippen LogP) is -0.629. The van der Waals surface area contributed by atoms with Gasteiger partial charge in [0, 0.05) is 38.7 Å². The first-order valence-corrected chi connectivity index (χ1v) is 6.13. The van der Waals surface area contributed by atoms with Gasteiger partial charge in [-0.05, 0) is 0 Å². The van der Waals surface area contributed by atoms with E-state index in [9.17, 15) is 9.90 Å². The number of H-pyrrole nitrogens is 1. The number of ether oxygens (including phenoxy) is 1. The first-order chi connectivity index (χ1) is 9.16. The smallest absolute Gasteiger partial charge is 0.348 e. The maximum Gasteiger partial charge on any atom is 0.348 e. The van der Waals surface area contributed by atoms with Crippen molar-refractivity contribution in [2.24, 2.45) is 0 Å². The summed E-state index contributed by atoms with van der Waals surface area (Å²) < 4.78 is 6.54. The second kappa shape index (κ2) is 4.63.